The smallest absolute Gasteiger partial charge is 0.225 e. The topological polar surface area (TPSA) is 49.4 Å². The highest BCUT2D eigenvalue weighted by Gasteiger charge is 2.30. The summed E-state index contributed by atoms with van der Waals surface area (Å²) in [4.78, 5) is 26.3. The molecule has 0 aromatic heterocycles. The van der Waals surface area contributed by atoms with Crippen LogP contribution in [-0.4, -0.2) is 23.3 Å². The van der Waals surface area contributed by atoms with E-state index < -0.39 is 0 Å². The van der Waals surface area contributed by atoms with E-state index in [2.05, 4.69) is 5.32 Å². The summed E-state index contributed by atoms with van der Waals surface area (Å²) in [5.41, 5.74) is 1.42. The number of likely N-dealkylation sites (tertiary alicyclic amines) is 1. The lowest BCUT2D eigenvalue weighted by molar-refractivity contribution is -0.138. The fourth-order valence-electron chi connectivity index (χ4n) is 3.06. The molecule has 0 unspecified atom stereocenters. The van der Waals surface area contributed by atoms with Crippen LogP contribution in [0.25, 0.3) is 0 Å². The largest absolute Gasteiger partial charge is 0.352 e. The first-order chi connectivity index (χ1) is 12.5. The minimum Gasteiger partial charge on any atom is -0.352 e. The zero-order valence-corrected chi connectivity index (χ0v) is 15.0. The summed E-state index contributed by atoms with van der Waals surface area (Å²) in [5, 5.41) is 3.42. The monoisotopic (exact) mass is 374 g/mol. The molecule has 1 atom stereocenters. The molecule has 0 spiro atoms. The Morgan fingerprint density at radius 3 is 2.65 bits per heavy atom. The van der Waals surface area contributed by atoms with Gasteiger partial charge in [0.05, 0.1) is 5.92 Å². The van der Waals surface area contributed by atoms with Crippen molar-refractivity contribution in [2.75, 3.05) is 6.54 Å². The van der Waals surface area contributed by atoms with E-state index in [4.69, 9.17) is 11.6 Å². The molecule has 0 radical (unpaired) electrons. The van der Waals surface area contributed by atoms with E-state index in [9.17, 15) is 14.0 Å². The maximum Gasteiger partial charge on any atom is 0.225 e. The normalized spacial score (nSPS) is 17.2. The van der Waals surface area contributed by atoms with Gasteiger partial charge in [-0.1, -0.05) is 41.9 Å². The third-order valence-electron chi connectivity index (χ3n) is 4.57. The molecule has 4 nitrogen and oxygen atoms in total. The molecular weight excluding hydrogens is 355 g/mol. The average Bonchev–Trinajstić information content (AvgIpc) is 2.64. The highest BCUT2D eigenvalue weighted by atomic mass is 35.5. The lowest BCUT2D eigenvalue weighted by Crippen LogP contribution is -2.45. The summed E-state index contributed by atoms with van der Waals surface area (Å²) in [5.74, 6) is -0.734. The number of amides is 2. The molecule has 1 aliphatic heterocycles. The number of hydrogen-bond acceptors (Lipinski definition) is 2. The summed E-state index contributed by atoms with van der Waals surface area (Å²) >= 11 is 5.88. The number of piperidine rings is 1. The predicted octanol–water partition coefficient (Wildman–Crippen LogP) is 3.53. The standard InChI is InChI=1S/C20H20ClFN2O2/c21-17-8-5-14(6-9-17)12-24-13-16(7-10-19(24)25)20(26)23-11-15-3-1-2-4-18(15)22/h1-6,8-9,16H,7,10-13H2,(H,23,26)/t16-/m0/s1. The Labute approximate surface area is 157 Å². The summed E-state index contributed by atoms with van der Waals surface area (Å²) < 4.78 is 13.7. The van der Waals surface area contributed by atoms with Gasteiger partial charge in [0.25, 0.3) is 0 Å². The maximum atomic E-state index is 13.7. The number of carbonyl (C=O) groups is 2. The fourth-order valence-corrected chi connectivity index (χ4v) is 3.19. The third-order valence-corrected chi connectivity index (χ3v) is 4.82. The van der Waals surface area contributed by atoms with Crippen molar-refractivity contribution in [1.82, 2.24) is 10.2 Å². The van der Waals surface area contributed by atoms with Crippen LogP contribution in [0.2, 0.25) is 5.02 Å². The van der Waals surface area contributed by atoms with Gasteiger partial charge in [-0.05, 0) is 30.2 Å². The van der Waals surface area contributed by atoms with E-state index in [0.717, 1.165) is 5.56 Å². The first kappa shape index (κ1) is 18.4. The minimum absolute atomic E-state index is 0.0399. The molecule has 1 fully saturated rings. The number of benzene rings is 2. The number of nitrogens with zero attached hydrogens (tertiary/aromatic N) is 1. The molecule has 0 aliphatic carbocycles. The Kier molecular flexibility index (Phi) is 5.89. The van der Waals surface area contributed by atoms with Crippen LogP contribution in [0.3, 0.4) is 0 Å². The molecule has 0 saturated carbocycles. The van der Waals surface area contributed by atoms with Crippen LogP contribution in [0, 0.1) is 11.7 Å². The van der Waals surface area contributed by atoms with Crippen LogP contribution in [0.4, 0.5) is 4.39 Å². The Bertz CT molecular complexity index is 795. The van der Waals surface area contributed by atoms with Crippen LogP contribution >= 0.6 is 11.6 Å². The summed E-state index contributed by atoms with van der Waals surface area (Å²) in [7, 11) is 0. The van der Waals surface area contributed by atoms with Gasteiger partial charge in [0.2, 0.25) is 11.8 Å². The lowest BCUT2D eigenvalue weighted by atomic mass is 9.96. The fraction of sp³-hybridized carbons (Fsp3) is 0.300. The number of nitrogens with one attached hydrogen (secondary N) is 1. The SMILES string of the molecule is O=C(NCc1ccccc1F)[C@H]1CCC(=O)N(Cc2ccc(Cl)cc2)C1. The Morgan fingerprint density at radius 1 is 1.19 bits per heavy atom. The minimum atomic E-state index is -0.337. The molecule has 2 aromatic rings. The van der Waals surface area contributed by atoms with Gasteiger partial charge in [-0.15, -0.1) is 0 Å². The van der Waals surface area contributed by atoms with Gasteiger partial charge in [0.1, 0.15) is 5.82 Å². The molecule has 26 heavy (non-hydrogen) atoms. The van der Waals surface area contributed by atoms with Gasteiger partial charge >= 0.3 is 0 Å². The van der Waals surface area contributed by atoms with Crippen LogP contribution in [0.15, 0.2) is 48.5 Å². The molecule has 2 aromatic carbocycles. The summed E-state index contributed by atoms with van der Waals surface area (Å²) in [6, 6.07) is 13.7. The zero-order valence-electron chi connectivity index (χ0n) is 14.3. The average molecular weight is 375 g/mol. The third kappa shape index (κ3) is 4.61. The van der Waals surface area contributed by atoms with Crippen molar-refractivity contribution in [2.45, 2.75) is 25.9 Å². The number of carbonyl (C=O) groups excluding carboxylic acids is 2. The van der Waals surface area contributed by atoms with Gasteiger partial charge < -0.3 is 10.2 Å². The van der Waals surface area contributed by atoms with Crippen LogP contribution in [-0.2, 0) is 22.7 Å². The molecule has 136 valence electrons. The maximum absolute atomic E-state index is 13.7. The van der Waals surface area contributed by atoms with Gasteiger partial charge in [-0.25, -0.2) is 4.39 Å². The molecule has 1 aliphatic rings. The van der Waals surface area contributed by atoms with E-state index in [1.54, 1.807) is 35.2 Å². The first-order valence-electron chi connectivity index (χ1n) is 8.56. The molecule has 1 N–H and O–H groups in total. The molecule has 6 heteroatoms. The highest BCUT2D eigenvalue weighted by Crippen LogP contribution is 2.21. The second-order valence-corrected chi connectivity index (χ2v) is 6.88. The zero-order chi connectivity index (χ0) is 18.5. The van der Waals surface area contributed by atoms with Crippen LogP contribution in [0.1, 0.15) is 24.0 Å². The van der Waals surface area contributed by atoms with E-state index in [-0.39, 0.29) is 30.1 Å². The predicted molar refractivity (Wildman–Crippen MR) is 97.8 cm³/mol. The van der Waals surface area contributed by atoms with Crippen molar-refractivity contribution < 1.29 is 14.0 Å². The van der Waals surface area contributed by atoms with Gasteiger partial charge in [0, 0.05) is 36.6 Å². The van der Waals surface area contributed by atoms with E-state index in [0.29, 0.717) is 36.5 Å². The summed E-state index contributed by atoms with van der Waals surface area (Å²) in [6.45, 7) is 0.963. The van der Waals surface area contributed by atoms with Gasteiger partial charge in [-0.2, -0.15) is 0 Å². The van der Waals surface area contributed by atoms with Crippen molar-refractivity contribution in [1.29, 1.82) is 0 Å². The van der Waals surface area contributed by atoms with Crippen molar-refractivity contribution >= 4 is 23.4 Å². The molecule has 1 heterocycles. The Hall–Kier alpha value is -2.40. The molecule has 0 bridgehead atoms. The second-order valence-electron chi connectivity index (χ2n) is 6.45. The molecule has 3 rings (SSSR count). The Morgan fingerprint density at radius 2 is 1.92 bits per heavy atom. The number of rotatable bonds is 5. The molecular formula is C20H20ClFN2O2. The van der Waals surface area contributed by atoms with Crippen LogP contribution < -0.4 is 5.32 Å². The van der Waals surface area contributed by atoms with Crippen molar-refractivity contribution in [3.63, 3.8) is 0 Å². The Balaban J connectivity index is 1.58. The van der Waals surface area contributed by atoms with Crippen LogP contribution in [0.5, 0.6) is 0 Å². The van der Waals surface area contributed by atoms with E-state index in [1.165, 1.54) is 6.07 Å². The number of hydrogen-bond donors (Lipinski definition) is 1. The second kappa shape index (κ2) is 8.32. The number of halogens is 2. The first-order valence-corrected chi connectivity index (χ1v) is 8.94. The van der Waals surface area contributed by atoms with Crippen molar-refractivity contribution in [2.24, 2.45) is 5.92 Å². The van der Waals surface area contributed by atoms with E-state index in [1.807, 2.05) is 12.1 Å². The van der Waals surface area contributed by atoms with Crippen molar-refractivity contribution in [3.05, 3.63) is 70.5 Å². The lowest BCUT2D eigenvalue weighted by Gasteiger charge is -2.32. The highest BCUT2D eigenvalue weighted by molar-refractivity contribution is 6.30. The van der Waals surface area contributed by atoms with Gasteiger partial charge in [0.15, 0.2) is 0 Å². The molecule has 1 saturated heterocycles. The van der Waals surface area contributed by atoms with Crippen molar-refractivity contribution in [3.8, 4) is 0 Å². The summed E-state index contributed by atoms with van der Waals surface area (Å²) in [6.07, 6.45) is 0.852. The van der Waals surface area contributed by atoms with E-state index >= 15 is 0 Å². The molecule has 2 amide bonds. The quantitative estimate of drug-likeness (QED) is 0.870. The van der Waals surface area contributed by atoms with Gasteiger partial charge in [-0.3, -0.25) is 9.59 Å².